The van der Waals surface area contributed by atoms with Crippen LogP contribution in [0.4, 0.5) is 0 Å². The number of piperazine rings is 1. The molecule has 0 unspecified atom stereocenters. The van der Waals surface area contributed by atoms with Crippen molar-refractivity contribution < 1.29 is 9.53 Å². The van der Waals surface area contributed by atoms with Gasteiger partial charge in [-0.25, -0.2) is 0 Å². The Balaban J connectivity index is 2.34. The average molecular weight is 313 g/mol. The first-order valence-corrected chi connectivity index (χ1v) is 8.34. The minimum atomic E-state index is -0.104. The van der Waals surface area contributed by atoms with Gasteiger partial charge in [-0.05, 0) is 48.6 Å². The first-order chi connectivity index (χ1) is 10.00. The average Bonchev–Trinajstić information content (AvgIpc) is 2.34. The van der Waals surface area contributed by atoms with Gasteiger partial charge in [0.15, 0.2) is 0 Å². The minimum Gasteiger partial charge on any atom is -0.463 e. The summed E-state index contributed by atoms with van der Waals surface area (Å²) in [6, 6.07) is 0. The number of esters is 1. The van der Waals surface area contributed by atoms with E-state index in [0.717, 1.165) is 32.7 Å². The van der Waals surface area contributed by atoms with Crippen LogP contribution in [0, 0.1) is 0 Å². The summed E-state index contributed by atoms with van der Waals surface area (Å²) in [6.45, 7) is 18.8. The van der Waals surface area contributed by atoms with Gasteiger partial charge in [0, 0.05) is 43.8 Å². The molecule has 5 nitrogen and oxygen atoms in total. The third-order valence-electron chi connectivity index (χ3n) is 4.15. The van der Waals surface area contributed by atoms with E-state index in [1.165, 1.54) is 0 Å². The number of hydrogen-bond acceptors (Lipinski definition) is 5. The lowest BCUT2D eigenvalue weighted by molar-refractivity contribution is -0.146. The fourth-order valence-corrected chi connectivity index (χ4v) is 3.16. The van der Waals surface area contributed by atoms with Gasteiger partial charge in [-0.15, -0.1) is 0 Å². The number of nitrogens with zero attached hydrogens (tertiary/aromatic N) is 3. The second-order valence-electron chi connectivity index (χ2n) is 8.29. The van der Waals surface area contributed by atoms with Crippen molar-refractivity contribution in [3.63, 3.8) is 0 Å². The molecule has 1 rings (SSSR count). The van der Waals surface area contributed by atoms with Crippen molar-refractivity contribution in [1.29, 1.82) is 0 Å². The van der Waals surface area contributed by atoms with Gasteiger partial charge < -0.3 is 9.64 Å². The third kappa shape index (κ3) is 6.63. The van der Waals surface area contributed by atoms with Crippen LogP contribution in [-0.2, 0) is 9.53 Å². The Labute approximate surface area is 136 Å². The summed E-state index contributed by atoms with van der Waals surface area (Å²) in [7, 11) is 2.11. The molecule has 0 saturated carbocycles. The van der Waals surface area contributed by atoms with Crippen molar-refractivity contribution in [2.45, 2.75) is 52.6 Å². The van der Waals surface area contributed by atoms with Crippen LogP contribution in [0.5, 0.6) is 0 Å². The quantitative estimate of drug-likeness (QED) is 0.722. The molecule has 1 aliphatic heterocycles. The van der Waals surface area contributed by atoms with Crippen molar-refractivity contribution >= 4 is 5.97 Å². The molecule has 0 aromatic heterocycles. The minimum absolute atomic E-state index is 0.0577. The molecule has 0 spiro atoms. The predicted octanol–water partition coefficient (Wildman–Crippen LogP) is 1.68. The van der Waals surface area contributed by atoms with Gasteiger partial charge in [0.25, 0.3) is 0 Å². The molecule has 0 radical (unpaired) electrons. The van der Waals surface area contributed by atoms with Crippen LogP contribution in [0.3, 0.4) is 0 Å². The zero-order chi connectivity index (χ0) is 17.0. The van der Waals surface area contributed by atoms with E-state index in [2.05, 4.69) is 63.3 Å². The van der Waals surface area contributed by atoms with E-state index in [4.69, 9.17) is 4.74 Å². The maximum absolute atomic E-state index is 12.0. The standard InChI is InChI=1S/C17H35N3O2/c1-16(2,3)20(17(4,5)6)12-13-22-15(21)14-19-10-8-18(7)9-11-19/h8-14H2,1-7H3. The number of rotatable bonds is 5. The molecule has 0 aliphatic carbocycles. The summed E-state index contributed by atoms with van der Waals surface area (Å²) in [5.41, 5.74) is 0.115. The van der Waals surface area contributed by atoms with E-state index in [1.54, 1.807) is 0 Å². The van der Waals surface area contributed by atoms with Crippen molar-refractivity contribution in [2.24, 2.45) is 0 Å². The Kier molecular flexibility index (Phi) is 6.84. The molecule has 130 valence electrons. The maximum Gasteiger partial charge on any atom is 0.320 e. The Bertz CT molecular complexity index is 336. The Hall–Kier alpha value is -0.650. The van der Waals surface area contributed by atoms with Crippen LogP contribution < -0.4 is 0 Å². The smallest absolute Gasteiger partial charge is 0.320 e. The van der Waals surface area contributed by atoms with Crippen LogP contribution in [-0.4, -0.2) is 84.7 Å². The number of carbonyl (C=O) groups excluding carboxylic acids is 1. The Morgan fingerprint density at radius 1 is 1.00 bits per heavy atom. The first-order valence-electron chi connectivity index (χ1n) is 8.34. The van der Waals surface area contributed by atoms with Crippen LogP contribution in [0.2, 0.25) is 0 Å². The molecule has 1 aliphatic rings. The van der Waals surface area contributed by atoms with E-state index < -0.39 is 0 Å². The summed E-state index contributed by atoms with van der Waals surface area (Å²) >= 11 is 0. The summed E-state index contributed by atoms with van der Waals surface area (Å²) in [6.07, 6.45) is 0. The molecule has 0 aromatic rings. The molecule has 5 heteroatoms. The summed E-state index contributed by atoms with van der Waals surface area (Å²) in [4.78, 5) is 18.8. The highest BCUT2D eigenvalue weighted by molar-refractivity contribution is 5.71. The van der Waals surface area contributed by atoms with Gasteiger partial charge in [0.1, 0.15) is 6.61 Å². The van der Waals surface area contributed by atoms with Gasteiger partial charge in [0.2, 0.25) is 0 Å². The molecule has 0 N–H and O–H groups in total. The lowest BCUT2D eigenvalue weighted by atomic mass is 9.96. The van der Waals surface area contributed by atoms with Crippen LogP contribution in [0.25, 0.3) is 0 Å². The fourth-order valence-electron chi connectivity index (χ4n) is 3.16. The zero-order valence-corrected chi connectivity index (χ0v) is 15.6. The van der Waals surface area contributed by atoms with Crippen molar-refractivity contribution in [2.75, 3.05) is 52.9 Å². The van der Waals surface area contributed by atoms with Crippen molar-refractivity contribution in [3.05, 3.63) is 0 Å². The highest BCUT2D eigenvalue weighted by Gasteiger charge is 2.31. The molecule has 0 bridgehead atoms. The monoisotopic (exact) mass is 313 g/mol. The SMILES string of the molecule is CN1CCN(CC(=O)OCCN(C(C)(C)C)C(C)(C)C)CC1. The van der Waals surface area contributed by atoms with E-state index in [1.807, 2.05) is 0 Å². The lowest BCUT2D eigenvalue weighted by Gasteiger charge is -2.45. The van der Waals surface area contributed by atoms with E-state index in [9.17, 15) is 4.79 Å². The largest absolute Gasteiger partial charge is 0.463 e. The van der Waals surface area contributed by atoms with Gasteiger partial charge in [-0.2, -0.15) is 0 Å². The van der Waals surface area contributed by atoms with Crippen LogP contribution in [0.15, 0.2) is 0 Å². The summed E-state index contributed by atoms with van der Waals surface area (Å²) < 4.78 is 5.46. The van der Waals surface area contributed by atoms with E-state index >= 15 is 0 Å². The highest BCUT2D eigenvalue weighted by Crippen LogP contribution is 2.23. The van der Waals surface area contributed by atoms with Crippen LogP contribution >= 0.6 is 0 Å². The number of ether oxygens (including phenoxy) is 1. The normalized spacial score (nSPS) is 18.7. The number of likely N-dealkylation sites (N-methyl/N-ethyl adjacent to an activating group) is 1. The predicted molar refractivity (Wildman–Crippen MR) is 91.1 cm³/mol. The molecule has 1 saturated heterocycles. The summed E-state index contributed by atoms with van der Waals surface area (Å²) in [5, 5.41) is 0. The van der Waals surface area contributed by atoms with Crippen molar-refractivity contribution in [3.8, 4) is 0 Å². The van der Waals surface area contributed by atoms with Gasteiger partial charge in [-0.3, -0.25) is 14.6 Å². The molecule has 0 amide bonds. The Morgan fingerprint density at radius 3 is 1.95 bits per heavy atom. The Morgan fingerprint density at radius 2 is 1.50 bits per heavy atom. The van der Waals surface area contributed by atoms with Crippen molar-refractivity contribution in [1.82, 2.24) is 14.7 Å². The maximum atomic E-state index is 12.0. The molecular formula is C17H35N3O2. The highest BCUT2D eigenvalue weighted by atomic mass is 16.5. The molecule has 1 heterocycles. The van der Waals surface area contributed by atoms with Gasteiger partial charge >= 0.3 is 5.97 Å². The molecule has 1 fully saturated rings. The zero-order valence-electron chi connectivity index (χ0n) is 15.6. The molecule has 0 atom stereocenters. The fraction of sp³-hybridized carbons (Fsp3) is 0.941. The number of carbonyl (C=O) groups is 1. The van der Waals surface area contributed by atoms with Crippen LogP contribution in [0.1, 0.15) is 41.5 Å². The molecule has 0 aromatic carbocycles. The summed E-state index contributed by atoms with van der Waals surface area (Å²) in [5.74, 6) is -0.104. The van der Waals surface area contributed by atoms with E-state index in [0.29, 0.717) is 13.2 Å². The third-order valence-corrected chi connectivity index (χ3v) is 4.15. The lowest BCUT2D eigenvalue weighted by Crippen LogP contribution is -2.54. The van der Waals surface area contributed by atoms with E-state index in [-0.39, 0.29) is 17.0 Å². The molecular weight excluding hydrogens is 278 g/mol. The second-order valence-corrected chi connectivity index (χ2v) is 8.29. The van der Waals surface area contributed by atoms with Gasteiger partial charge in [0.05, 0.1) is 6.54 Å². The second kappa shape index (κ2) is 7.75. The van der Waals surface area contributed by atoms with Gasteiger partial charge in [-0.1, -0.05) is 0 Å². The topological polar surface area (TPSA) is 36.0 Å². The first kappa shape index (κ1) is 19.4. The molecule has 22 heavy (non-hydrogen) atoms. The number of hydrogen-bond donors (Lipinski definition) is 0.